The number of carbonyl (C=O) groups is 2. The van der Waals surface area contributed by atoms with Gasteiger partial charge in [-0.3, -0.25) is 9.59 Å². The molecule has 0 saturated heterocycles. The van der Waals surface area contributed by atoms with Gasteiger partial charge in [0.2, 0.25) is 5.91 Å². The number of benzene rings is 3. The Hall–Kier alpha value is -4.18. The summed E-state index contributed by atoms with van der Waals surface area (Å²) in [4.78, 5) is 29.6. The van der Waals surface area contributed by atoms with Gasteiger partial charge in [-0.25, -0.2) is 9.37 Å². The second-order valence-electron chi connectivity index (χ2n) is 10.0. The lowest BCUT2D eigenvalue weighted by Gasteiger charge is -2.18. The normalized spacial score (nSPS) is 11.8. The fourth-order valence-electron chi connectivity index (χ4n) is 3.89. The second-order valence-corrected chi connectivity index (χ2v) is 10.5. The lowest BCUT2D eigenvalue weighted by atomic mass is 9.95. The van der Waals surface area contributed by atoms with Crippen molar-refractivity contribution < 1.29 is 27.2 Å². The molecule has 2 amide bonds. The zero-order chi connectivity index (χ0) is 29.2. The first-order valence-corrected chi connectivity index (χ1v) is 12.5. The molecule has 208 valence electrons. The van der Waals surface area contributed by atoms with E-state index in [0.717, 1.165) is 12.1 Å². The third kappa shape index (κ3) is 6.34. The van der Waals surface area contributed by atoms with Gasteiger partial charge in [0.05, 0.1) is 16.1 Å². The number of hydrogen-bond donors (Lipinski definition) is 3. The number of rotatable bonds is 6. The summed E-state index contributed by atoms with van der Waals surface area (Å²) in [5, 5.41) is 9.09. The van der Waals surface area contributed by atoms with E-state index in [0.29, 0.717) is 16.5 Å². The molecule has 0 bridgehead atoms. The van der Waals surface area contributed by atoms with Crippen molar-refractivity contribution in [3.63, 3.8) is 0 Å². The van der Waals surface area contributed by atoms with E-state index < -0.39 is 34.4 Å². The zero-order valence-corrected chi connectivity index (χ0v) is 22.5. The molecule has 3 N–H and O–H groups in total. The Balaban J connectivity index is 1.62. The Morgan fingerprint density at radius 2 is 1.68 bits per heavy atom. The molecule has 11 heteroatoms. The Bertz CT molecular complexity index is 1600. The number of hydrogen-bond acceptors (Lipinski definition) is 4. The van der Waals surface area contributed by atoms with Crippen molar-refractivity contribution in [2.45, 2.75) is 33.5 Å². The minimum Gasteiger partial charge on any atom is -0.351 e. The molecular formula is C29H25ClF4N4O2. The third-order valence-corrected chi connectivity index (χ3v) is 6.34. The largest absolute Gasteiger partial charge is 0.416 e. The molecule has 0 unspecified atom stereocenters. The SMILES string of the molecule is CC(C)(C)C(=O)NCc1ccc(Cl)c(C(=O)Nc2cccc3c(Nc4cccc(C(F)(F)F)c4)nccc23)c1F. The number of amides is 2. The molecule has 0 atom stereocenters. The number of aromatic nitrogens is 1. The molecule has 0 saturated carbocycles. The molecule has 1 heterocycles. The van der Waals surface area contributed by atoms with Crippen LogP contribution in [0.2, 0.25) is 5.02 Å². The molecule has 4 rings (SSSR count). The van der Waals surface area contributed by atoms with E-state index in [1.807, 2.05) is 0 Å². The Kier molecular flexibility index (Phi) is 8.02. The fourth-order valence-corrected chi connectivity index (χ4v) is 4.12. The Morgan fingerprint density at radius 3 is 2.38 bits per heavy atom. The minimum atomic E-state index is -4.51. The van der Waals surface area contributed by atoms with Crippen LogP contribution in [0.1, 0.15) is 42.3 Å². The van der Waals surface area contributed by atoms with Crippen molar-refractivity contribution in [1.29, 1.82) is 0 Å². The molecule has 0 aliphatic carbocycles. The summed E-state index contributed by atoms with van der Waals surface area (Å²) >= 11 is 6.19. The van der Waals surface area contributed by atoms with Gasteiger partial charge in [-0.2, -0.15) is 13.2 Å². The average Bonchev–Trinajstić information content (AvgIpc) is 2.88. The minimum absolute atomic E-state index is 0.0850. The van der Waals surface area contributed by atoms with Gasteiger partial charge in [0.15, 0.2) is 0 Å². The number of carbonyl (C=O) groups excluding carboxylic acids is 2. The van der Waals surface area contributed by atoms with E-state index in [4.69, 9.17) is 11.6 Å². The van der Waals surface area contributed by atoms with Gasteiger partial charge in [0.25, 0.3) is 5.91 Å². The maximum atomic E-state index is 15.4. The lowest BCUT2D eigenvalue weighted by molar-refractivity contribution is -0.137. The van der Waals surface area contributed by atoms with E-state index in [2.05, 4.69) is 20.9 Å². The lowest BCUT2D eigenvalue weighted by Crippen LogP contribution is -2.34. The molecule has 0 spiro atoms. The molecule has 1 aromatic heterocycles. The van der Waals surface area contributed by atoms with Crippen molar-refractivity contribution >= 4 is 51.4 Å². The quantitative estimate of drug-likeness (QED) is 0.207. The molecule has 4 aromatic rings. The first kappa shape index (κ1) is 28.8. The molecule has 0 aliphatic heterocycles. The summed E-state index contributed by atoms with van der Waals surface area (Å²) in [6.45, 7) is 5.03. The van der Waals surface area contributed by atoms with Gasteiger partial charge in [0, 0.05) is 45.9 Å². The van der Waals surface area contributed by atoms with Crippen LogP contribution in [0, 0.1) is 11.2 Å². The zero-order valence-electron chi connectivity index (χ0n) is 21.7. The van der Waals surface area contributed by atoms with E-state index in [1.165, 1.54) is 30.5 Å². The topological polar surface area (TPSA) is 83.1 Å². The predicted octanol–water partition coefficient (Wildman–Crippen LogP) is 7.70. The number of alkyl halides is 3. The number of pyridine rings is 1. The van der Waals surface area contributed by atoms with Crippen molar-refractivity contribution in [3.05, 3.63) is 94.4 Å². The number of fused-ring (bicyclic) bond motifs is 1. The Labute approximate surface area is 232 Å². The highest BCUT2D eigenvalue weighted by atomic mass is 35.5. The van der Waals surface area contributed by atoms with Crippen molar-refractivity contribution in [1.82, 2.24) is 10.3 Å². The van der Waals surface area contributed by atoms with E-state index >= 15 is 4.39 Å². The van der Waals surface area contributed by atoms with Crippen molar-refractivity contribution in [2.75, 3.05) is 10.6 Å². The van der Waals surface area contributed by atoms with E-state index in [-0.39, 0.29) is 34.5 Å². The van der Waals surface area contributed by atoms with Gasteiger partial charge in [-0.05, 0) is 36.4 Å². The molecule has 0 aliphatic rings. The van der Waals surface area contributed by atoms with Crippen LogP contribution in [0.15, 0.2) is 66.9 Å². The van der Waals surface area contributed by atoms with Crippen LogP contribution in [-0.4, -0.2) is 16.8 Å². The summed E-state index contributed by atoms with van der Waals surface area (Å²) in [6.07, 6.45) is -3.08. The highest BCUT2D eigenvalue weighted by Gasteiger charge is 2.30. The van der Waals surface area contributed by atoms with Crippen LogP contribution in [0.3, 0.4) is 0 Å². The third-order valence-electron chi connectivity index (χ3n) is 6.03. The van der Waals surface area contributed by atoms with Crippen LogP contribution < -0.4 is 16.0 Å². The van der Waals surface area contributed by atoms with Gasteiger partial charge >= 0.3 is 6.18 Å². The standard InChI is InChI=1S/C29H25ClF4N4O2/c1-28(2,3)27(40)36-15-16-10-11-21(30)23(24(16)31)26(39)38-22-9-5-8-20-19(22)12-13-35-25(20)37-18-7-4-6-17(14-18)29(32,33)34/h4-14H,15H2,1-3H3,(H,35,37)(H,36,40)(H,38,39). The van der Waals surface area contributed by atoms with Crippen LogP contribution in [0.5, 0.6) is 0 Å². The molecule has 0 fully saturated rings. The summed E-state index contributed by atoms with van der Waals surface area (Å²) in [7, 11) is 0. The number of anilines is 3. The fraction of sp³-hybridized carbons (Fsp3) is 0.207. The van der Waals surface area contributed by atoms with Crippen LogP contribution in [0.4, 0.5) is 34.8 Å². The maximum absolute atomic E-state index is 15.4. The molecule has 3 aromatic carbocycles. The van der Waals surface area contributed by atoms with E-state index in [1.54, 1.807) is 45.0 Å². The highest BCUT2D eigenvalue weighted by molar-refractivity contribution is 6.34. The first-order valence-electron chi connectivity index (χ1n) is 12.1. The summed E-state index contributed by atoms with van der Waals surface area (Å²) in [6, 6.07) is 14.0. The van der Waals surface area contributed by atoms with Gasteiger partial charge < -0.3 is 16.0 Å². The molecule has 6 nitrogen and oxygen atoms in total. The molecule has 0 radical (unpaired) electrons. The summed E-state index contributed by atoms with van der Waals surface area (Å²) < 4.78 is 54.8. The van der Waals surface area contributed by atoms with Crippen LogP contribution >= 0.6 is 11.6 Å². The van der Waals surface area contributed by atoms with Gasteiger partial charge in [-0.1, -0.05) is 56.6 Å². The van der Waals surface area contributed by atoms with E-state index in [9.17, 15) is 22.8 Å². The van der Waals surface area contributed by atoms with Crippen molar-refractivity contribution in [2.24, 2.45) is 5.41 Å². The van der Waals surface area contributed by atoms with Gasteiger partial charge in [0.1, 0.15) is 11.6 Å². The number of halogens is 5. The average molecular weight is 573 g/mol. The van der Waals surface area contributed by atoms with Crippen LogP contribution in [0.25, 0.3) is 10.8 Å². The second kappa shape index (κ2) is 11.1. The predicted molar refractivity (Wildman–Crippen MR) is 147 cm³/mol. The first-order chi connectivity index (χ1) is 18.8. The van der Waals surface area contributed by atoms with Gasteiger partial charge in [-0.15, -0.1) is 0 Å². The Morgan fingerprint density at radius 1 is 0.950 bits per heavy atom. The number of nitrogens with zero attached hydrogens (tertiary/aromatic N) is 1. The van der Waals surface area contributed by atoms with Crippen molar-refractivity contribution in [3.8, 4) is 0 Å². The highest BCUT2D eigenvalue weighted by Crippen LogP contribution is 2.34. The smallest absolute Gasteiger partial charge is 0.351 e. The summed E-state index contributed by atoms with van der Waals surface area (Å²) in [5.74, 6) is -1.71. The molecule has 40 heavy (non-hydrogen) atoms. The van der Waals surface area contributed by atoms with Crippen LogP contribution in [-0.2, 0) is 17.5 Å². The monoisotopic (exact) mass is 572 g/mol. The number of nitrogens with one attached hydrogen (secondary N) is 3. The maximum Gasteiger partial charge on any atom is 0.416 e. The molecular weight excluding hydrogens is 548 g/mol. The summed E-state index contributed by atoms with van der Waals surface area (Å²) in [5.41, 5.74) is -1.32.